The molecule has 30 heavy (non-hydrogen) atoms. The molecule has 0 unspecified atom stereocenters. The predicted molar refractivity (Wildman–Crippen MR) is 108 cm³/mol. The molecule has 3 rings (SSSR count). The Morgan fingerprint density at radius 3 is 1.70 bits per heavy atom. The maximum absolute atomic E-state index is 13.3. The van der Waals surface area contributed by atoms with Gasteiger partial charge < -0.3 is 9.05 Å². The van der Waals surface area contributed by atoms with Gasteiger partial charge in [0.2, 0.25) is 0 Å². The van der Waals surface area contributed by atoms with E-state index in [0.717, 1.165) is 24.3 Å². The molecule has 0 amide bonds. The molecule has 0 radical (unpaired) electrons. The van der Waals surface area contributed by atoms with Gasteiger partial charge in [-0.15, -0.1) is 0 Å². The number of non-ortho nitro benzene ring substituents is 1. The molecule has 0 aromatic heterocycles. The summed E-state index contributed by atoms with van der Waals surface area (Å²) in [7, 11) is -8.49. The molecule has 0 spiro atoms. The lowest BCUT2D eigenvalue weighted by atomic mass is 10.3. The Morgan fingerprint density at radius 2 is 1.27 bits per heavy atom. The number of hydrogen-bond donors (Lipinski definition) is 0. The minimum Gasteiger partial charge on any atom is -0.415 e. The van der Waals surface area contributed by atoms with E-state index in [4.69, 9.17) is 13.2 Å². The highest BCUT2D eigenvalue weighted by Gasteiger charge is 2.32. The molecule has 0 fully saturated rings. The predicted octanol–water partition coefficient (Wildman–Crippen LogP) is 4.61. The summed E-state index contributed by atoms with van der Waals surface area (Å²) in [5, 5.41) is 10.7. The molecule has 0 atom stereocenters. The van der Waals surface area contributed by atoms with Crippen LogP contribution in [0.4, 0.5) is 5.69 Å². The standard InChI is InChI=1S/C19H16NO8PS/c21-20(22)16-11-13-19(14-12-16)30(24,25)26-15-29(23,27-17-7-3-1-4-8-17)28-18-9-5-2-6-10-18/h1-14H,15H2. The molecule has 3 aromatic carbocycles. The van der Waals surface area contributed by atoms with E-state index in [1.807, 2.05) is 0 Å². The van der Waals surface area contributed by atoms with Gasteiger partial charge in [0.1, 0.15) is 11.5 Å². The molecular weight excluding hydrogens is 433 g/mol. The summed E-state index contributed by atoms with van der Waals surface area (Å²) >= 11 is 0. The molecule has 11 heteroatoms. The van der Waals surface area contributed by atoms with Crippen molar-refractivity contribution in [2.75, 3.05) is 6.35 Å². The number of benzene rings is 3. The smallest absolute Gasteiger partial charge is 0.415 e. The van der Waals surface area contributed by atoms with Crippen LogP contribution in [0.3, 0.4) is 0 Å². The van der Waals surface area contributed by atoms with Crippen LogP contribution in [0.5, 0.6) is 11.5 Å². The lowest BCUT2D eigenvalue weighted by Crippen LogP contribution is -2.13. The van der Waals surface area contributed by atoms with Crippen LogP contribution in [0.25, 0.3) is 0 Å². The van der Waals surface area contributed by atoms with Crippen molar-refractivity contribution in [3.8, 4) is 11.5 Å². The first-order valence-corrected chi connectivity index (χ1v) is 11.6. The highest BCUT2D eigenvalue weighted by molar-refractivity contribution is 7.87. The van der Waals surface area contributed by atoms with Crippen LogP contribution in [-0.4, -0.2) is 19.7 Å². The van der Waals surface area contributed by atoms with Crippen LogP contribution in [-0.2, 0) is 18.9 Å². The summed E-state index contributed by atoms with van der Waals surface area (Å²) < 4.78 is 53.9. The zero-order chi connectivity index (χ0) is 21.6. The summed E-state index contributed by atoms with van der Waals surface area (Å²) in [6, 6.07) is 20.3. The molecule has 0 saturated carbocycles. The lowest BCUT2D eigenvalue weighted by Gasteiger charge is -2.19. The molecule has 0 aliphatic heterocycles. The van der Waals surface area contributed by atoms with Gasteiger partial charge in [-0.25, -0.2) is 4.57 Å². The molecule has 0 aliphatic rings. The Bertz CT molecular complexity index is 1110. The molecule has 3 aromatic rings. The van der Waals surface area contributed by atoms with Gasteiger partial charge in [0.15, 0.2) is 6.35 Å². The largest absolute Gasteiger partial charge is 0.457 e. The zero-order valence-corrected chi connectivity index (χ0v) is 17.1. The van der Waals surface area contributed by atoms with E-state index in [-0.39, 0.29) is 22.1 Å². The van der Waals surface area contributed by atoms with E-state index in [0.29, 0.717) is 0 Å². The molecule has 0 N–H and O–H groups in total. The number of para-hydroxylation sites is 2. The Hall–Kier alpha value is -3.20. The Morgan fingerprint density at radius 1 is 0.800 bits per heavy atom. The fraction of sp³-hybridized carbons (Fsp3) is 0.0526. The molecule has 0 aliphatic carbocycles. The highest BCUT2D eigenvalue weighted by Crippen LogP contribution is 2.49. The van der Waals surface area contributed by atoms with Gasteiger partial charge in [0.25, 0.3) is 15.8 Å². The second-order valence-corrected chi connectivity index (χ2v) is 9.33. The first-order chi connectivity index (χ1) is 14.3. The summed E-state index contributed by atoms with van der Waals surface area (Å²) in [6.07, 6.45) is -0.907. The van der Waals surface area contributed by atoms with Gasteiger partial charge in [-0.2, -0.15) is 8.42 Å². The maximum atomic E-state index is 13.3. The minimum atomic E-state index is -4.38. The summed E-state index contributed by atoms with van der Waals surface area (Å²) in [5.74, 6) is 0.404. The average molecular weight is 449 g/mol. The fourth-order valence-electron chi connectivity index (χ4n) is 2.29. The Balaban J connectivity index is 1.81. The van der Waals surface area contributed by atoms with Gasteiger partial charge in [0, 0.05) is 12.1 Å². The third kappa shape index (κ3) is 5.66. The third-order valence-corrected chi connectivity index (χ3v) is 6.55. The first-order valence-electron chi connectivity index (χ1n) is 8.50. The molecule has 0 saturated heterocycles. The van der Waals surface area contributed by atoms with Crippen LogP contribution in [0.15, 0.2) is 89.8 Å². The van der Waals surface area contributed by atoms with Gasteiger partial charge in [-0.3, -0.25) is 14.3 Å². The molecule has 0 heterocycles. The van der Waals surface area contributed by atoms with Crippen molar-refractivity contribution < 1.29 is 31.1 Å². The Kier molecular flexibility index (Phi) is 6.51. The number of nitro groups is 1. The summed E-state index contributed by atoms with van der Waals surface area (Å²) in [4.78, 5) is 9.73. The number of rotatable bonds is 9. The van der Waals surface area contributed by atoms with Crippen molar-refractivity contribution >= 4 is 23.4 Å². The monoisotopic (exact) mass is 449 g/mol. The minimum absolute atomic E-state index is 0.202. The average Bonchev–Trinajstić information content (AvgIpc) is 2.74. The van der Waals surface area contributed by atoms with Crippen LogP contribution in [0.2, 0.25) is 0 Å². The van der Waals surface area contributed by atoms with E-state index >= 15 is 0 Å². The number of nitrogens with zero attached hydrogens (tertiary/aromatic N) is 1. The highest BCUT2D eigenvalue weighted by atomic mass is 32.2. The van der Waals surface area contributed by atoms with Crippen molar-refractivity contribution in [3.63, 3.8) is 0 Å². The second kappa shape index (κ2) is 9.08. The van der Waals surface area contributed by atoms with Crippen molar-refractivity contribution in [2.24, 2.45) is 0 Å². The third-order valence-electron chi connectivity index (χ3n) is 3.68. The van der Waals surface area contributed by atoms with Crippen molar-refractivity contribution in [3.05, 3.63) is 95.0 Å². The summed E-state index contributed by atoms with van der Waals surface area (Å²) in [6.45, 7) is 0. The maximum Gasteiger partial charge on any atom is 0.457 e. The fourth-order valence-corrected chi connectivity index (χ4v) is 5.00. The first kappa shape index (κ1) is 21.5. The van der Waals surface area contributed by atoms with E-state index in [1.165, 1.54) is 24.3 Å². The zero-order valence-electron chi connectivity index (χ0n) is 15.4. The van der Waals surface area contributed by atoms with Crippen LogP contribution < -0.4 is 9.05 Å². The molecule has 9 nitrogen and oxygen atoms in total. The second-order valence-electron chi connectivity index (χ2n) is 5.87. The van der Waals surface area contributed by atoms with Gasteiger partial charge in [-0.05, 0) is 36.4 Å². The van der Waals surface area contributed by atoms with E-state index in [9.17, 15) is 23.1 Å². The van der Waals surface area contributed by atoms with Crippen LogP contribution >= 0.6 is 7.60 Å². The van der Waals surface area contributed by atoms with Gasteiger partial charge in [0.05, 0.1) is 9.82 Å². The van der Waals surface area contributed by atoms with Crippen molar-refractivity contribution in [2.45, 2.75) is 4.90 Å². The SMILES string of the molecule is O=[N+]([O-])c1ccc(S(=O)(=O)OCP(=O)(Oc2ccccc2)Oc2ccccc2)cc1. The number of hydrogen-bond acceptors (Lipinski definition) is 8. The molecular formula is C19H16NO8PS. The van der Waals surface area contributed by atoms with Crippen molar-refractivity contribution in [1.29, 1.82) is 0 Å². The van der Waals surface area contributed by atoms with E-state index in [1.54, 1.807) is 36.4 Å². The lowest BCUT2D eigenvalue weighted by molar-refractivity contribution is -0.384. The molecule has 156 valence electrons. The topological polar surface area (TPSA) is 122 Å². The van der Waals surface area contributed by atoms with E-state index < -0.39 is 29.0 Å². The van der Waals surface area contributed by atoms with Crippen LogP contribution in [0.1, 0.15) is 0 Å². The van der Waals surface area contributed by atoms with Crippen molar-refractivity contribution in [1.82, 2.24) is 0 Å². The Labute approximate surface area is 172 Å². The summed E-state index contributed by atoms with van der Waals surface area (Å²) in [5.41, 5.74) is -0.278. The normalized spacial score (nSPS) is 11.6. The van der Waals surface area contributed by atoms with Gasteiger partial charge in [-0.1, -0.05) is 36.4 Å². The van der Waals surface area contributed by atoms with E-state index in [2.05, 4.69) is 0 Å². The molecule has 0 bridgehead atoms. The van der Waals surface area contributed by atoms with Gasteiger partial charge >= 0.3 is 7.60 Å². The number of nitro benzene ring substituents is 1. The quantitative estimate of drug-likeness (QED) is 0.201. The van der Waals surface area contributed by atoms with Crippen LogP contribution in [0, 0.1) is 10.1 Å².